The van der Waals surface area contributed by atoms with Gasteiger partial charge in [0, 0.05) is 13.1 Å². The molecule has 0 aliphatic carbocycles. The Morgan fingerprint density at radius 3 is 2.53 bits per heavy atom. The van der Waals surface area contributed by atoms with E-state index in [4.69, 9.17) is 5.73 Å². The standard InChI is InChI=1S/C15H25N3O/c1-3-11-18(4-2)12-10-17-15(19)14(16)13-8-6-5-7-9-13/h5-9,14H,3-4,10-12,16H2,1-2H3,(H,17,19)/t14-/m0/s1. The van der Waals surface area contributed by atoms with Gasteiger partial charge in [-0.05, 0) is 25.1 Å². The Morgan fingerprint density at radius 1 is 1.26 bits per heavy atom. The Balaban J connectivity index is 2.35. The molecule has 1 aromatic carbocycles. The lowest BCUT2D eigenvalue weighted by atomic mass is 10.1. The summed E-state index contributed by atoms with van der Waals surface area (Å²) in [5.41, 5.74) is 6.77. The van der Waals surface area contributed by atoms with Gasteiger partial charge in [-0.3, -0.25) is 4.79 Å². The number of hydrogen-bond donors (Lipinski definition) is 2. The number of amides is 1. The molecule has 106 valence electrons. The largest absolute Gasteiger partial charge is 0.353 e. The first-order chi connectivity index (χ1) is 9.19. The van der Waals surface area contributed by atoms with Crippen LogP contribution < -0.4 is 11.1 Å². The number of rotatable bonds is 8. The number of carbonyl (C=O) groups excluding carboxylic acids is 1. The van der Waals surface area contributed by atoms with Gasteiger partial charge < -0.3 is 16.0 Å². The van der Waals surface area contributed by atoms with Gasteiger partial charge in [-0.25, -0.2) is 0 Å². The van der Waals surface area contributed by atoms with Crippen LogP contribution in [0.2, 0.25) is 0 Å². The molecular weight excluding hydrogens is 238 g/mol. The third-order valence-electron chi connectivity index (χ3n) is 3.16. The maximum Gasteiger partial charge on any atom is 0.241 e. The van der Waals surface area contributed by atoms with E-state index in [2.05, 4.69) is 24.1 Å². The average molecular weight is 263 g/mol. The van der Waals surface area contributed by atoms with E-state index < -0.39 is 6.04 Å². The number of nitrogens with zero attached hydrogens (tertiary/aromatic N) is 1. The predicted molar refractivity (Wildman–Crippen MR) is 78.8 cm³/mol. The molecule has 19 heavy (non-hydrogen) atoms. The minimum atomic E-state index is -0.581. The Hall–Kier alpha value is -1.39. The molecule has 1 aromatic rings. The lowest BCUT2D eigenvalue weighted by molar-refractivity contribution is -0.122. The van der Waals surface area contributed by atoms with Crippen LogP contribution in [0.25, 0.3) is 0 Å². The second-order valence-corrected chi connectivity index (χ2v) is 4.61. The summed E-state index contributed by atoms with van der Waals surface area (Å²) in [6.07, 6.45) is 1.13. The van der Waals surface area contributed by atoms with Gasteiger partial charge in [-0.2, -0.15) is 0 Å². The van der Waals surface area contributed by atoms with Crippen LogP contribution in [0.15, 0.2) is 30.3 Å². The molecule has 3 N–H and O–H groups in total. The zero-order chi connectivity index (χ0) is 14.1. The summed E-state index contributed by atoms with van der Waals surface area (Å²) in [6.45, 7) is 7.89. The molecule has 4 nitrogen and oxygen atoms in total. The van der Waals surface area contributed by atoms with Crippen LogP contribution in [-0.2, 0) is 4.79 Å². The summed E-state index contributed by atoms with van der Waals surface area (Å²) >= 11 is 0. The summed E-state index contributed by atoms with van der Waals surface area (Å²) in [5.74, 6) is -0.112. The molecular formula is C15H25N3O. The van der Waals surface area contributed by atoms with E-state index in [0.717, 1.165) is 31.6 Å². The first kappa shape index (κ1) is 15.7. The second kappa shape index (κ2) is 8.67. The Labute approximate surface area is 116 Å². The minimum Gasteiger partial charge on any atom is -0.353 e. The number of likely N-dealkylation sites (N-methyl/N-ethyl adjacent to an activating group) is 1. The highest BCUT2D eigenvalue weighted by Gasteiger charge is 2.14. The third-order valence-corrected chi connectivity index (χ3v) is 3.16. The van der Waals surface area contributed by atoms with Crippen LogP contribution in [0.5, 0.6) is 0 Å². The van der Waals surface area contributed by atoms with E-state index in [-0.39, 0.29) is 5.91 Å². The highest BCUT2D eigenvalue weighted by atomic mass is 16.2. The normalized spacial score (nSPS) is 12.4. The maximum atomic E-state index is 11.9. The van der Waals surface area contributed by atoms with Crippen LogP contribution in [0, 0.1) is 0 Å². The Kier molecular flexibility index (Phi) is 7.15. The van der Waals surface area contributed by atoms with E-state index in [1.165, 1.54) is 0 Å². The molecule has 0 heterocycles. The predicted octanol–water partition coefficient (Wildman–Crippen LogP) is 1.53. The zero-order valence-corrected chi connectivity index (χ0v) is 11.9. The molecule has 0 unspecified atom stereocenters. The molecule has 1 atom stereocenters. The van der Waals surface area contributed by atoms with Crippen LogP contribution in [0.3, 0.4) is 0 Å². The van der Waals surface area contributed by atoms with Gasteiger partial charge in [0.05, 0.1) is 0 Å². The van der Waals surface area contributed by atoms with Crippen molar-refractivity contribution in [3.63, 3.8) is 0 Å². The Morgan fingerprint density at radius 2 is 1.95 bits per heavy atom. The summed E-state index contributed by atoms with van der Waals surface area (Å²) < 4.78 is 0. The van der Waals surface area contributed by atoms with Gasteiger partial charge in [0.1, 0.15) is 6.04 Å². The third kappa shape index (κ3) is 5.41. The summed E-state index contributed by atoms with van der Waals surface area (Å²) in [6, 6.07) is 8.87. The fourth-order valence-corrected chi connectivity index (χ4v) is 2.00. The monoisotopic (exact) mass is 263 g/mol. The first-order valence-corrected chi connectivity index (χ1v) is 6.99. The van der Waals surface area contributed by atoms with Crippen molar-refractivity contribution in [1.82, 2.24) is 10.2 Å². The van der Waals surface area contributed by atoms with E-state index in [9.17, 15) is 4.79 Å². The van der Waals surface area contributed by atoms with Crippen LogP contribution in [0.1, 0.15) is 31.9 Å². The smallest absolute Gasteiger partial charge is 0.241 e. The molecule has 0 spiro atoms. The SMILES string of the molecule is CCCN(CC)CCNC(=O)[C@@H](N)c1ccccc1. The molecule has 0 aliphatic heterocycles. The molecule has 0 fully saturated rings. The molecule has 1 amide bonds. The minimum absolute atomic E-state index is 0.112. The second-order valence-electron chi connectivity index (χ2n) is 4.61. The number of carbonyl (C=O) groups is 1. The summed E-state index contributed by atoms with van der Waals surface area (Å²) in [7, 11) is 0. The van der Waals surface area contributed by atoms with Crippen LogP contribution >= 0.6 is 0 Å². The zero-order valence-electron chi connectivity index (χ0n) is 11.9. The van der Waals surface area contributed by atoms with E-state index in [0.29, 0.717) is 6.54 Å². The molecule has 0 saturated carbocycles. The van der Waals surface area contributed by atoms with Gasteiger partial charge in [-0.15, -0.1) is 0 Å². The van der Waals surface area contributed by atoms with Crippen molar-refractivity contribution in [2.24, 2.45) is 5.73 Å². The molecule has 0 saturated heterocycles. The van der Waals surface area contributed by atoms with E-state index in [1.807, 2.05) is 30.3 Å². The van der Waals surface area contributed by atoms with Crippen molar-refractivity contribution in [2.45, 2.75) is 26.3 Å². The van der Waals surface area contributed by atoms with Crippen molar-refractivity contribution in [3.05, 3.63) is 35.9 Å². The van der Waals surface area contributed by atoms with Gasteiger partial charge in [0.2, 0.25) is 5.91 Å². The van der Waals surface area contributed by atoms with Crippen molar-refractivity contribution in [2.75, 3.05) is 26.2 Å². The highest BCUT2D eigenvalue weighted by Crippen LogP contribution is 2.08. The van der Waals surface area contributed by atoms with Crippen LogP contribution in [0.4, 0.5) is 0 Å². The van der Waals surface area contributed by atoms with Gasteiger partial charge in [0.15, 0.2) is 0 Å². The lowest BCUT2D eigenvalue weighted by Crippen LogP contribution is -2.39. The number of nitrogens with two attached hydrogens (primary N) is 1. The number of nitrogens with one attached hydrogen (secondary N) is 1. The molecule has 0 bridgehead atoms. The van der Waals surface area contributed by atoms with Crippen molar-refractivity contribution >= 4 is 5.91 Å². The summed E-state index contributed by atoms with van der Waals surface area (Å²) in [5, 5.41) is 2.90. The fourth-order valence-electron chi connectivity index (χ4n) is 2.00. The van der Waals surface area contributed by atoms with Crippen molar-refractivity contribution < 1.29 is 4.79 Å². The molecule has 0 radical (unpaired) electrons. The van der Waals surface area contributed by atoms with E-state index in [1.54, 1.807) is 0 Å². The van der Waals surface area contributed by atoms with Crippen molar-refractivity contribution in [3.8, 4) is 0 Å². The van der Waals surface area contributed by atoms with Gasteiger partial charge in [-0.1, -0.05) is 44.2 Å². The van der Waals surface area contributed by atoms with Crippen molar-refractivity contribution in [1.29, 1.82) is 0 Å². The Bertz CT molecular complexity index is 367. The quantitative estimate of drug-likeness (QED) is 0.748. The molecule has 4 heteroatoms. The summed E-state index contributed by atoms with van der Waals surface area (Å²) in [4.78, 5) is 14.2. The molecule has 0 aliphatic rings. The maximum absolute atomic E-state index is 11.9. The first-order valence-electron chi connectivity index (χ1n) is 6.99. The fraction of sp³-hybridized carbons (Fsp3) is 0.533. The lowest BCUT2D eigenvalue weighted by Gasteiger charge is -2.20. The van der Waals surface area contributed by atoms with E-state index >= 15 is 0 Å². The highest BCUT2D eigenvalue weighted by molar-refractivity contribution is 5.82. The molecule has 0 aromatic heterocycles. The topological polar surface area (TPSA) is 58.4 Å². The number of benzene rings is 1. The van der Waals surface area contributed by atoms with Gasteiger partial charge >= 0.3 is 0 Å². The van der Waals surface area contributed by atoms with Gasteiger partial charge in [0.25, 0.3) is 0 Å². The van der Waals surface area contributed by atoms with Crippen LogP contribution in [-0.4, -0.2) is 37.0 Å². The number of hydrogen-bond acceptors (Lipinski definition) is 3. The average Bonchev–Trinajstić information content (AvgIpc) is 2.46. The molecule has 1 rings (SSSR count).